The molecule has 1 saturated carbocycles. The molecule has 10 heteroatoms. The van der Waals surface area contributed by atoms with Gasteiger partial charge in [-0.25, -0.2) is 13.7 Å². The molecule has 38 heavy (non-hydrogen) atoms. The summed E-state index contributed by atoms with van der Waals surface area (Å²) in [7, 11) is -1.58. The normalized spacial score (nSPS) is 27.5. The molecule has 0 bridgehead atoms. The van der Waals surface area contributed by atoms with Crippen molar-refractivity contribution in [3.63, 3.8) is 0 Å². The number of piperidine rings is 1. The number of carbonyl (C=O) groups excluding carboxylic acids is 1. The number of carbonyl (C=O) groups is 1. The minimum absolute atomic E-state index is 0.00112. The zero-order valence-corrected chi connectivity index (χ0v) is 24.6. The number of rotatable bonds is 8. The Bertz CT molecular complexity index is 969. The molecule has 3 atom stereocenters. The molecule has 0 radical (unpaired) electrons. The molecule has 1 heterocycles. The molecule has 0 aromatic heterocycles. The van der Waals surface area contributed by atoms with Crippen LogP contribution in [0.2, 0.25) is 0 Å². The van der Waals surface area contributed by atoms with E-state index in [2.05, 4.69) is 29.0 Å². The number of nitro groups is 1. The predicted octanol–water partition coefficient (Wildman–Crippen LogP) is 5.20. The first-order chi connectivity index (χ1) is 17.7. The number of hydrogen-bond acceptors (Lipinski definition) is 6. The SMILES string of the molecule is CC(C)(C)OC(=O)N1CCCC(C[N+](=O)[O-])(NS(=O)C(C)(C)C)C1COC1CCC(c2ccccc2)CC1. The second kappa shape index (κ2) is 12.4. The largest absolute Gasteiger partial charge is 0.444 e. The summed E-state index contributed by atoms with van der Waals surface area (Å²) in [6.07, 6.45) is 4.16. The fraction of sp³-hybridized carbons (Fsp3) is 0.750. The molecule has 2 aliphatic rings. The average molecular weight is 552 g/mol. The van der Waals surface area contributed by atoms with E-state index in [1.165, 1.54) is 5.56 Å². The fourth-order valence-electron chi connectivity index (χ4n) is 5.39. The number of ether oxygens (including phenoxy) is 2. The maximum Gasteiger partial charge on any atom is 0.410 e. The van der Waals surface area contributed by atoms with Crippen LogP contribution in [0.3, 0.4) is 0 Å². The van der Waals surface area contributed by atoms with Gasteiger partial charge in [-0.3, -0.25) is 10.1 Å². The van der Waals surface area contributed by atoms with Crippen LogP contribution >= 0.6 is 0 Å². The highest BCUT2D eigenvalue weighted by Crippen LogP contribution is 2.36. The standard InChI is InChI=1S/C28H45N3O6S/c1-26(2,3)37-25(32)30-18-10-17-28(20-31(33)34,29-38(35)27(4,5)6)24(30)19-36-23-15-13-22(14-16-23)21-11-8-7-9-12-21/h7-9,11-12,22-24,29H,10,13-20H2,1-6H3. The quantitative estimate of drug-likeness (QED) is 0.351. The van der Waals surface area contributed by atoms with E-state index in [9.17, 15) is 19.1 Å². The molecule has 1 aliphatic heterocycles. The van der Waals surface area contributed by atoms with Crippen LogP contribution in [0.4, 0.5) is 4.79 Å². The summed E-state index contributed by atoms with van der Waals surface area (Å²) in [6, 6.07) is 9.79. The maximum atomic E-state index is 13.3. The van der Waals surface area contributed by atoms with E-state index < -0.39 is 45.6 Å². The molecule has 1 amide bonds. The molecule has 2 fully saturated rings. The number of benzene rings is 1. The molecule has 1 N–H and O–H groups in total. The summed E-state index contributed by atoms with van der Waals surface area (Å²) in [6.45, 7) is 10.9. The lowest BCUT2D eigenvalue weighted by molar-refractivity contribution is -0.493. The number of nitrogens with one attached hydrogen (secondary N) is 1. The molecule has 1 saturated heterocycles. The van der Waals surface area contributed by atoms with E-state index in [4.69, 9.17) is 9.47 Å². The van der Waals surface area contributed by atoms with Gasteiger partial charge in [0, 0.05) is 11.5 Å². The van der Waals surface area contributed by atoms with Crippen LogP contribution in [-0.2, 0) is 20.5 Å². The Labute approximate surface area is 229 Å². The van der Waals surface area contributed by atoms with Crippen LogP contribution in [0.25, 0.3) is 0 Å². The topological polar surface area (TPSA) is 111 Å². The Morgan fingerprint density at radius 1 is 1.13 bits per heavy atom. The molecule has 9 nitrogen and oxygen atoms in total. The van der Waals surface area contributed by atoms with Gasteiger partial charge in [0.1, 0.15) is 11.1 Å². The van der Waals surface area contributed by atoms with Crippen molar-refractivity contribution in [2.75, 3.05) is 19.7 Å². The van der Waals surface area contributed by atoms with Crippen molar-refractivity contribution >= 4 is 17.1 Å². The molecule has 1 aromatic rings. The van der Waals surface area contributed by atoms with Gasteiger partial charge in [0.05, 0.1) is 34.5 Å². The van der Waals surface area contributed by atoms with Crippen LogP contribution in [0.5, 0.6) is 0 Å². The van der Waals surface area contributed by atoms with Gasteiger partial charge in [-0.1, -0.05) is 30.3 Å². The van der Waals surface area contributed by atoms with Gasteiger partial charge in [-0.15, -0.1) is 0 Å². The lowest BCUT2D eigenvalue weighted by Gasteiger charge is -2.48. The maximum absolute atomic E-state index is 13.3. The minimum atomic E-state index is -1.58. The molecule has 3 rings (SSSR count). The first-order valence-corrected chi connectivity index (χ1v) is 14.8. The Hall–Kier alpha value is -2.04. The van der Waals surface area contributed by atoms with E-state index in [0.29, 0.717) is 25.3 Å². The van der Waals surface area contributed by atoms with E-state index in [1.807, 2.05) is 26.8 Å². The lowest BCUT2D eigenvalue weighted by Crippen LogP contribution is -2.70. The zero-order chi connectivity index (χ0) is 28.1. The molecule has 1 aliphatic carbocycles. The van der Waals surface area contributed by atoms with Crippen LogP contribution in [0.15, 0.2) is 30.3 Å². The first-order valence-electron chi connectivity index (χ1n) is 13.7. The Kier molecular flexibility index (Phi) is 9.97. The third-order valence-electron chi connectivity index (χ3n) is 7.36. The van der Waals surface area contributed by atoms with E-state index in [-0.39, 0.29) is 17.6 Å². The van der Waals surface area contributed by atoms with Gasteiger partial charge in [0.2, 0.25) is 6.54 Å². The van der Waals surface area contributed by atoms with Crippen molar-refractivity contribution in [1.82, 2.24) is 9.62 Å². The van der Waals surface area contributed by atoms with E-state index >= 15 is 0 Å². The monoisotopic (exact) mass is 551 g/mol. The second-order valence-corrected chi connectivity index (χ2v) is 14.6. The number of amides is 1. The molecule has 214 valence electrons. The average Bonchev–Trinajstić information content (AvgIpc) is 2.82. The van der Waals surface area contributed by atoms with E-state index in [1.54, 1.807) is 25.7 Å². The van der Waals surface area contributed by atoms with Gasteiger partial charge >= 0.3 is 6.09 Å². The smallest absolute Gasteiger partial charge is 0.410 e. The van der Waals surface area contributed by atoms with Crippen molar-refractivity contribution in [3.05, 3.63) is 46.0 Å². The molecule has 3 unspecified atom stereocenters. The van der Waals surface area contributed by atoms with Crippen LogP contribution in [0, 0.1) is 10.1 Å². The summed E-state index contributed by atoms with van der Waals surface area (Å²) in [4.78, 5) is 26.4. The van der Waals surface area contributed by atoms with Crippen molar-refractivity contribution < 1.29 is 23.4 Å². The predicted molar refractivity (Wildman–Crippen MR) is 149 cm³/mol. The van der Waals surface area contributed by atoms with Crippen LogP contribution in [0.1, 0.15) is 91.5 Å². The van der Waals surface area contributed by atoms with Gasteiger partial charge in [-0.05, 0) is 91.5 Å². The van der Waals surface area contributed by atoms with Crippen molar-refractivity contribution in [2.45, 2.75) is 114 Å². The number of nitrogens with zero attached hydrogens (tertiary/aromatic N) is 2. The van der Waals surface area contributed by atoms with Crippen molar-refractivity contribution in [1.29, 1.82) is 0 Å². The van der Waals surface area contributed by atoms with Gasteiger partial charge in [0.15, 0.2) is 0 Å². The highest BCUT2D eigenvalue weighted by molar-refractivity contribution is 7.84. The summed E-state index contributed by atoms with van der Waals surface area (Å²) < 4.78 is 27.8. The number of likely N-dealkylation sites (tertiary alicyclic amines) is 1. The third-order valence-corrected chi connectivity index (χ3v) is 9.07. The Balaban J connectivity index is 1.82. The molecular formula is C28H45N3O6S. The van der Waals surface area contributed by atoms with Gasteiger partial charge in [0.25, 0.3) is 0 Å². The molecule has 0 spiro atoms. The molecule has 1 aromatic carbocycles. The Morgan fingerprint density at radius 3 is 2.32 bits per heavy atom. The summed E-state index contributed by atoms with van der Waals surface area (Å²) in [5.74, 6) is 0.494. The van der Waals surface area contributed by atoms with Crippen molar-refractivity contribution in [3.8, 4) is 0 Å². The van der Waals surface area contributed by atoms with Crippen LogP contribution in [-0.4, -0.2) is 67.9 Å². The second-order valence-electron chi connectivity index (χ2n) is 12.6. The number of hydrogen-bond donors (Lipinski definition) is 1. The highest BCUT2D eigenvalue weighted by Gasteiger charge is 2.53. The Morgan fingerprint density at radius 2 is 1.76 bits per heavy atom. The first kappa shape index (κ1) is 30.5. The van der Waals surface area contributed by atoms with E-state index in [0.717, 1.165) is 25.7 Å². The summed E-state index contributed by atoms with van der Waals surface area (Å²) >= 11 is 0. The summed E-state index contributed by atoms with van der Waals surface area (Å²) in [5.41, 5.74) is -0.588. The zero-order valence-electron chi connectivity index (χ0n) is 23.7. The van der Waals surface area contributed by atoms with Crippen LogP contribution < -0.4 is 4.72 Å². The van der Waals surface area contributed by atoms with Gasteiger partial charge in [-0.2, -0.15) is 0 Å². The summed E-state index contributed by atoms with van der Waals surface area (Å²) in [5, 5.41) is 11.9. The highest BCUT2D eigenvalue weighted by atomic mass is 32.2. The fourth-order valence-corrected chi connectivity index (χ4v) is 6.37. The van der Waals surface area contributed by atoms with Gasteiger partial charge < -0.3 is 14.4 Å². The third kappa shape index (κ3) is 8.23. The lowest BCUT2D eigenvalue weighted by atomic mass is 9.81. The van der Waals surface area contributed by atoms with Crippen molar-refractivity contribution in [2.24, 2.45) is 0 Å². The minimum Gasteiger partial charge on any atom is -0.444 e. The molecular weight excluding hydrogens is 506 g/mol.